The largest absolute Gasteiger partial charge is 0.489 e. The van der Waals surface area contributed by atoms with Crippen LogP contribution in [0.3, 0.4) is 0 Å². The molecule has 5 aromatic rings. The number of benzene rings is 3. The van der Waals surface area contributed by atoms with Gasteiger partial charge in [0.15, 0.2) is 5.78 Å². The fraction of sp³-hybridized carbons (Fsp3) is 0.206. The molecule has 2 aliphatic rings. The highest BCUT2D eigenvalue weighted by Gasteiger charge is 2.43. The molecule has 2 aliphatic heterocycles. The number of imidazole rings is 1. The van der Waals surface area contributed by atoms with Gasteiger partial charge < -0.3 is 18.8 Å². The van der Waals surface area contributed by atoms with Crippen molar-refractivity contribution in [1.82, 2.24) is 14.3 Å². The summed E-state index contributed by atoms with van der Waals surface area (Å²) in [6.07, 6.45) is 7.02. The molecule has 1 spiro atoms. The quantitative estimate of drug-likeness (QED) is 0.263. The molecule has 2 aromatic heterocycles. The Morgan fingerprint density at radius 2 is 1.68 bits per heavy atom. The second-order valence-corrected chi connectivity index (χ2v) is 10.8. The number of Topliss-reactive ketones (excluding diaryl/α,β-unsaturated/α-hetero) is 1. The van der Waals surface area contributed by atoms with Gasteiger partial charge in [-0.15, -0.1) is 0 Å². The lowest BCUT2D eigenvalue weighted by atomic mass is 9.82. The van der Waals surface area contributed by atoms with E-state index >= 15 is 0 Å². The molecule has 7 heteroatoms. The van der Waals surface area contributed by atoms with Crippen molar-refractivity contribution < 1.29 is 19.1 Å². The van der Waals surface area contributed by atoms with Gasteiger partial charge >= 0.3 is 0 Å². The third-order valence-corrected chi connectivity index (χ3v) is 8.11. The monoisotopic (exact) mass is 543 g/mol. The molecule has 0 radical (unpaired) electrons. The Balaban J connectivity index is 1.08. The first-order valence-corrected chi connectivity index (χ1v) is 13.9. The highest BCUT2D eigenvalue weighted by molar-refractivity contribution is 6.00. The van der Waals surface area contributed by atoms with Crippen LogP contribution in [0.2, 0.25) is 0 Å². The zero-order valence-electron chi connectivity index (χ0n) is 22.5. The molecule has 0 bridgehead atoms. The van der Waals surface area contributed by atoms with Gasteiger partial charge in [-0.1, -0.05) is 54.6 Å². The SMILES string of the molecule is O=C1CC2(CCN(C(=O)c3cc(-c4ccc(OCc5ccccc5)cc4)c4nccn4c3)CC2)Oc2ccccc21. The van der Waals surface area contributed by atoms with Crippen molar-refractivity contribution in [2.45, 2.75) is 31.5 Å². The zero-order chi connectivity index (χ0) is 27.8. The number of amides is 1. The van der Waals surface area contributed by atoms with Gasteiger partial charge in [0.2, 0.25) is 0 Å². The average Bonchev–Trinajstić information content (AvgIpc) is 3.49. The summed E-state index contributed by atoms with van der Waals surface area (Å²) in [5.74, 6) is 1.49. The normalized spacial score (nSPS) is 15.9. The van der Waals surface area contributed by atoms with E-state index < -0.39 is 5.60 Å². The lowest BCUT2D eigenvalue weighted by molar-refractivity contribution is -0.00571. The van der Waals surface area contributed by atoms with Crippen molar-refractivity contribution in [3.63, 3.8) is 0 Å². The fourth-order valence-electron chi connectivity index (χ4n) is 5.86. The van der Waals surface area contributed by atoms with Crippen LogP contribution < -0.4 is 9.47 Å². The van der Waals surface area contributed by atoms with E-state index in [4.69, 9.17) is 9.47 Å². The van der Waals surface area contributed by atoms with Gasteiger partial charge in [0.1, 0.15) is 29.4 Å². The van der Waals surface area contributed by atoms with Gasteiger partial charge in [-0.2, -0.15) is 0 Å². The number of pyridine rings is 1. The summed E-state index contributed by atoms with van der Waals surface area (Å²) in [6.45, 7) is 1.55. The molecule has 1 amide bonds. The Labute approximate surface area is 238 Å². The Kier molecular flexibility index (Phi) is 6.27. The Morgan fingerprint density at radius 3 is 2.49 bits per heavy atom. The first-order chi connectivity index (χ1) is 20.1. The van der Waals surface area contributed by atoms with Crippen LogP contribution in [0.4, 0.5) is 0 Å². The molecule has 7 nitrogen and oxygen atoms in total. The Hall–Kier alpha value is -4.91. The standard InChI is InChI=1S/C34H29N3O4/c38-30-21-34(41-31-9-5-4-8-28(30)31)14-17-36(18-15-34)33(39)26-20-29(32-35-16-19-37(32)22-26)25-10-12-27(13-11-25)40-23-24-6-2-1-3-7-24/h1-13,16,19-20,22H,14-15,17-18,21,23H2. The number of piperidine rings is 1. The number of nitrogens with zero attached hydrogens (tertiary/aromatic N) is 3. The van der Waals surface area contributed by atoms with E-state index in [2.05, 4.69) is 4.98 Å². The topological polar surface area (TPSA) is 73.1 Å². The number of hydrogen-bond acceptors (Lipinski definition) is 5. The molecule has 7 rings (SSSR count). The maximum atomic E-state index is 13.7. The number of rotatable bonds is 5. The molecule has 41 heavy (non-hydrogen) atoms. The Bertz CT molecular complexity index is 1740. The van der Waals surface area contributed by atoms with Crippen molar-refractivity contribution in [3.05, 3.63) is 120 Å². The molecule has 0 N–H and O–H groups in total. The van der Waals surface area contributed by atoms with Crippen molar-refractivity contribution in [2.75, 3.05) is 13.1 Å². The molecule has 204 valence electrons. The van der Waals surface area contributed by atoms with Gasteiger partial charge in [-0.05, 0) is 41.5 Å². The van der Waals surface area contributed by atoms with Crippen LogP contribution in [0.25, 0.3) is 16.8 Å². The van der Waals surface area contributed by atoms with Gasteiger partial charge in [0.25, 0.3) is 5.91 Å². The third kappa shape index (κ3) is 4.84. The minimum absolute atomic E-state index is 0.0398. The molecule has 3 aromatic carbocycles. The van der Waals surface area contributed by atoms with Gasteiger partial charge in [0, 0.05) is 50.1 Å². The average molecular weight is 544 g/mol. The zero-order valence-corrected chi connectivity index (χ0v) is 22.5. The summed E-state index contributed by atoms with van der Waals surface area (Å²) in [5.41, 5.74) is 4.41. The van der Waals surface area contributed by atoms with Crippen molar-refractivity contribution >= 4 is 17.3 Å². The predicted molar refractivity (Wildman–Crippen MR) is 155 cm³/mol. The maximum Gasteiger partial charge on any atom is 0.255 e. The summed E-state index contributed by atoms with van der Waals surface area (Å²) >= 11 is 0. The molecule has 1 saturated heterocycles. The highest BCUT2D eigenvalue weighted by Crippen LogP contribution is 2.39. The van der Waals surface area contributed by atoms with Crippen molar-refractivity contribution in [1.29, 1.82) is 0 Å². The van der Waals surface area contributed by atoms with Crippen LogP contribution in [0.1, 0.15) is 45.5 Å². The number of ether oxygens (including phenoxy) is 2. The van der Waals surface area contributed by atoms with E-state index in [9.17, 15) is 9.59 Å². The van der Waals surface area contributed by atoms with Crippen LogP contribution in [-0.2, 0) is 6.61 Å². The number of carbonyl (C=O) groups excluding carboxylic acids is 2. The molecule has 1 fully saturated rings. The highest BCUT2D eigenvalue weighted by atomic mass is 16.5. The molecule has 0 aliphatic carbocycles. The van der Waals surface area contributed by atoms with Gasteiger partial charge in [-0.3, -0.25) is 9.59 Å². The fourth-order valence-corrected chi connectivity index (χ4v) is 5.86. The van der Waals surface area contributed by atoms with Crippen LogP contribution in [0, 0.1) is 0 Å². The number of ketones is 1. The van der Waals surface area contributed by atoms with E-state index in [0.717, 1.165) is 28.1 Å². The predicted octanol–water partition coefficient (Wildman–Crippen LogP) is 6.22. The second-order valence-electron chi connectivity index (χ2n) is 10.8. The summed E-state index contributed by atoms with van der Waals surface area (Å²) < 4.78 is 14.2. The molecule has 0 unspecified atom stereocenters. The number of carbonyl (C=O) groups is 2. The second kappa shape index (κ2) is 10.2. The molecular formula is C34H29N3O4. The first-order valence-electron chi connectivity index (χ1n) is 13.9. The van der Waals surface area contributed by atoms with E-state index in [1.165, 1.54) is 0 Å². The van der Waals surface area contributed by atoms with E-state index in [-0.39, 0.29) is 11.7 Å². The van der Waals surface area contributed by atoms with Gasteiger partial charge in [-0.25, -0.2) is 4.98 Å². The van der Waals surface area contributed by atoms with Crippen LogP contribution in [0.5, 0.6) is 11.5 Å². The first kappa shape index (κ1) is 25.1. The number of para-hydroxylation sites is 1. The maximum absolute atomic E-state index is 13.7. The van der Waals surface area contributed by atoms with Gasteiger partial charge in [0.05, 0.1) is 17.5 Å². The van der Waals surface area contributed by atoms with Crippen LogP contribution in [-0.4, -0.2) is 44.7 Å². The number of hydrogen-bond donors (Lipinski definition) is 0. The number of fused-ring (bicyclic) bond motifs is 2. The summed E-state index contributed by atoms with van der Waals surface area (Å²) in [4.78, 5) is 32.9. The lowest BCUT2D eigenvalue weighted by Gasteiger charge is -2.44. The summed E-state index contributed by atoms with van der Waals surface area (Å²) in [5, 5.41) is 0. The number of aromatic nitrogens is 2. The molecule has 4 heterocycles. The van der Waals surface area contributed by atoms with E-state index in [1.54, 1.807) is 6.20 Å². The van der Waals surface area contributed by atoms with Crippen molar-refractivity contribution in [2.24, 2.45) is 0 Å². The summed E-state index contributed by atoms with van der Waals surface area (Å²) in [7, 11) is 0. The van der Waals surface area contributed by atoms with Crippen LogP contribution in [0.15, 0.2) is 104 Å². The third-order valence-electron chi connectivity index (χ3n) is 8.11. The number of likely N-dealkylation sites (tertiary alicyclic amines) is 1. The van der Waals surface area contributed by atoms with E-state index in [1.807, 2.05) is 107 Å². The minimum Gasteiger partial charge on any atom is -0.489 e. The summed E-state index contributed by atoms with van der Waals surface area (Å²) in [6, 6.07) is 27.3. The molecule has 0 atom stereocenters. The lowest BCUT2D eigenvalue weighted by Crippen LogP contribution is -2.52. The molecule has 0 saturated carbocycles. The van der Waals surface area contributed by atoms with Crippen molar-refractivity contribution in [3.8, 4) is 22.6 Å². The molecular weight excluding hydrogens is 514 g/mol. The van der Waals surface area contributed by atoms with Crippen LogP contribution >= 0.6 is 0 Å². The smallest absolute Gasteiger partial charge is 0.255 e. The minimum atomic E-state index is -0.550. The Morgan fingerprint density at radius 1 is 0.927 bits per heavy atom. The van der Waals surface area contributed by atoms with E-state index in [0.29, 0.717) is 55.8 Å².